The molecule has 3 nitrogen and oxygen atoms in total. The molecular formula is C16H25FN2O. The predicted octanol–water partition coefficient (Wildman–Crippen LogP) is 2.97. The van der Waals surface area contributed by atoms with Crippen LogP contribution in [0.1, 0.15) is 38.3 Å². The number of benzene rings is 1. The Balaban J connectivity index is 2.07. The summed E-state index contributed by atoms with van der Waals surface area (Å²) in [5.41, 5.74) is 0.626. The number of piperidine rings is 1. The largest absolute Gasteiger partial charge is 0.496 e. The van der Waals surface area contributed by atoms with Crippen LogP contribution in [-0.2, 0) is 0 Å². The summed E-state index contributed by atoms with van der Waals surface area (Å²) in [4.78, 5) is 2.37. The van der Waals surface area contributed by atoms with Gasteiger partial charge in [0.2, 0.25) is 0 Å². The molecule has 1 fully saturated rings. The van der Waals surface area contributed by atoms with Crippen LogP contribution in [0.4, 0.5) is 4.39 Å². The van der Waals surface area contributed by atoms with Crippen LogP contribution >= 0.6 is 0 Å². The molecule has 2 rings (SSSR count). The third-order valence-electron chi connectivity index (χ3n) is 4.36. The van der Waals surface area contributed by atoms with Gasteiger partial charge in [0.15, 0.2) is 0 Å². The smallest absolute Gasteiger partial charge is 0.131 e. The third kappa shape index (κ3) is 3.30. The Morgan fingerprint density at radius 3 is 2.85 bits per heavy atom. The molecule has 3 atom stereocenters. The van der Waals surface area contributed by atoms with Gasteiger partial charge in [0, 0.05) is 23.7 Å². The first kappa shape index (κ1) is 15.3. The van der Waals surface area contributed by atoms with Crippen molar-refractivity contribution in [2.24, 2.45) is 0 Å². The maximum atomic E-state index is 14.1. The Kier molecular flexibility index (Phi) is 5.00. The van der Waals surface area contributed by atoms with Crippen molar-refractivity contribution in [2.45, 2.75) is 44.8 Å². The Morgan fingerprint density at radius 2 is 2.20 bits per heavy atom. The van der Waals surface area contributed by atoms with Crippen LogP contribution in [-0.4, -0.2) is 37.7 Å². The molecule has 1 N–H and O–H groups in total. The van der Waals surface area contributed by atoms with E-state index >= 15 is 0 Å². The maximum Gasteiger partial charge on any atom is 0.131 e. The van der Waals surface area contributed by atoms with E-state index in [1.165, 1.54) is 6.07 Å². The highest BCUT2D eigenvalue weighted by molar-refractivity contribution is 5.37. The lowest BCUT2D eigenvalue weighted by Crippen LogP contribution is -2.46. The minimum atomic E-state index is -0.203. The van der Waals surface area contributed by atoms with E-state index in [2.05, 4.69) is 24.2 Å². The second kappa shape index (κ2) is 6.55. The van der Waals surface area contributed by atoms with Crippen molar-refractivity contribution in [1.29, 1.82) is 0 Å². The number of rotatable bonds is 4. The molecule has 4 heteroatoms. The van der Waals surface area contributed by atoms with E-state index in [0.29, 0.717) is 23.4 Å². The quantitative estimate of drug-likeness (QED) is 0.917. The van der Waals surface area contributed by atoms with Gasteiger partial charge in [-0.1, -0.05) is 6.07 Å². The van der Waals surface area contributed by atoms with Crippen LogP contribution in [0.2, 0.25) is 0 Å². The third-order valence-corrected chi connectivity index (χ3v) is 4.36. The average Bonchev–Trinajstić information content (AvgIpc) is 2.42. The molecule has 0 amide bonds. The van der Waals surface area contributed by atoms with Gasteiger partial charge in [-0.15, -0.1) is 0 Å². The molecular weight excluding hydrogens is 255 g/mol. The standard InChI is InChI=1S/C16H25FN2O/c1-11-10-13(8-9-19(11)3)18-12(2)16-14(17)6-5-7-15(16)20-4/h5-7,11-13,18H,8-10H2,1-4H3. The number of nitrogens with zero attached hydrogens (tertiary/aromatic N) is 1. The van der Waals surface area contributed by atoms with E-state index in [4.69, 9.17) is 4.74 Å². The Bertz CT molecular complexity index is 452. The number of likely N-dealkylation sites (tertiary alicyclic amines) is 1. The fraction of sp³-hybridized carbons (Fsp3) is 0.625. The highest BCUT2D eigenvalue weighted by Gasteiger charge is 2.25. The van der Waals surface area contributed by atoms with Crippen molar-refractivity contribution in [1.82, 2.24) is 10.2 Å². The number of hydrogen-bond donors (Lipinski definition) is 1. The molecule has 1 aromatic carbocycles. The van der Waals surface area contributed by atoms with Crippen molar-refractivity contribution < 1.29 is 9.13 Å². The van der Waals surface area contributed by atoms with Gasteiger partial charge in [-0.3, -0.25) is 0 Å². The molecule has 0 saturated carbocycles. The summed E-state index contributed by atoms with van der Waals surface area (Å²) < 4.78 is 19.3. The molecule has 112 valence electrons. The molecule has 1 aliphatic heterocycles. The van der Waals surface area contributed by atoms with Crippen molar-refractivity contribution in [3.8, 4) is 5.75 Å². The molecule has 0 aromatic heterocycles. The Morgan fingerprint density at radius 1 is 1.45 bits per heavy atom. The summed E-state index contributed by atoms with van der Waals surface area (Å²) >= 11 is 0. The molecule has 0 spiro atoms. The summed E-state index contributed by atoms with van der Waals surface area (Å²) in [6.45, 7) is 5.33. The molecule has 20 heavy (non-hydrogen) atoms. The maximum absolute atomic E-state index is 14.1. The minimum absolute atomic E-state index is 0.0493. The van der Waals surface area contributed by atoms with Crippen LogP contribution in [0.15, 0.2) is 18.2 Å². The Hall–Kier alpha value is -1.13. The highest BCUT2D eigenvalue weighted by Crippen LogP contribution is 2.29. The fourth-order valence-corrected chi connectivity index (χ4v) is 2.99. The van der Waals surface area contributed by atoms with Crippen LogP contribution in [0.25, 0.3) is 0 Å². The monoisotopic (exact) mass is 280 g/mol. The molecule has 0 bridgehead atoms. The van der Waals surface area contributed by atoms with Crippen LogP contribution in [0.5, 0.6) is 5.75 Å². The zero-order valence-electron chi connectivity index (χ0n) is 12.8. The molecule has 0 aliphatic carbocycles. The van der Waals surface area contributed by atoms with Crippen molar-refractivity contribution in [3.05, 3.63) is 29.6 Å². The SMILES string of the molecule is COc1cccc(F)c1C(C)NC1CCN(C)C(C)C1. The first-order valence-electron chi connectivity index (χ1n) is 7.31. The molecule has 0 radical (unpaired) electrons. The van der Waals surface area contributed by atoms with Gasteiger partial charge in [0.05, 0.1) is 7.11 Å². The lowest BCUT2D eigenvalue weighted by Gasteiger charge is -2.37. The highest BCUT2D eigenvalue weighted by atomic mass is 19.1. The van der Waals surface area contributed by atoms with Crippen LogP contribution in [0, 0.1) is 5.82 Å². The van der Waals surface area contributed by atoms with Crippen LogP contribution in [0.3, 0.4) is 0 Å². The molecule has 3 unspecified atom stereocenters. The van der Waals surface area contributed by atoms with Crippen molar-refractivity contribution in [2.75, 3.05) is 20.7 Å². The number of hydrogen-bond acceptors (Lipinski definition) is 3. The second-order valence-electron chi connectivity index (χ2n) is 5.80. The molecule has 1 aromatic rings. The first-order chi connectivity index (χ1) is 9.52. The summed E-state index contributed by atoms with van der Waals surface area (Å²) in [5, 5.41) is 3.55. The zero-order valence-corrected chi connectivity index (χ0v) is 12.8. The number of ether oxygens (including phenoxy) is 1. The number of halogens is 1. The first-order valence-corrected chi connectivity index (χ1v) is 7.31. The normalized spacial score (nSPS) is 25.4. The van der Waals surface area contributed by atoms with Gasteiger partial charge in [0.25, 0.3) is 0 Å². The van der Waals surface area contributed by atoms with Crippen molar-refractivity contribution >= 4 is 0 Å². The number of nitrogens with one attached hydrogen (secondary N) is 1. The molecule has 1 saturated heterocycles. The van der Waals surface area contributed by atoms with Gasteiger partial charge in [-0.05, 0) is 52.4 Å². The lowest BCUT2D eigenvalue weighted by molar-refractivity contribution is 0.163. The topological polar surface area (TPSA) is 24.5 Å². The van der Waals surface area contributed by atoms with E-state index in [-0.39, 0.29) is 11.9 Å². The van der Waals surface area contributed by atoms with Gasteiger partial charge < -0.3 is 15.0 Å². The molecule has 1 heterocycles. The van der Waals surface area contributed by atoms with Gasteiger partial charge in [0.1, 0.15) is 11.6 Å². The number of methoxy groups -OCH3 is 1. The predicted molar refractivity (Wildman–Crippen MR) is 79.6 cm³/mol. The van der Waals surface area contributed by atoms with E-state index < -0.39 is 0 Å². The summed E-state index contributed by atoms with van der Waals surface area (Å²) in [7, 11) is 3.74. The average molecular weight is 280 g/mol. The fourth-order valence-electron chi connectivity index (χ4n) is 2.99. The van der Waals surface area contributed by atoms with E-state index in [9.17, 15) is 4.39 Å². The zero-order chi connectivity index (χ0) is 14.7. The van der Waals surface area contributed by atoms with Gasteiger partial charge in [-0.25, -0.2) is 4.39 Å². The van der Waals surface area contributed by atoms with E-state index in [1.807, 2.05) is 13.0 Å². The summed E-state index contributed by atoms with van der Waals surface area (Å²) in [6, 6.07) is 5.94. The molecule has 1 aliphatic rings. The van der Waals surface area contributed by atoms with E-state index in [0.717, 1.165) is 19.4 Å². The lowest BCUT2D eigenvalue weighted by atomic mass is 9.96. The van der Waals surface area contributed by atoms with Crippen molar-refractivity contribution in [3.63, 3.8) is 0 Å². The van der Waals surface area contributed by atoms with Crippen LogP contribution < -0.4 is 10.1 Å². The van der Waals surface area contributed by atoms with Gasteiger partial charge in [-0.2, -0.15) is 0 Å². The second-order valence-corrected chi connectivity index (χ2v) is 5.80. The summed E-state index contributed by atoms with van der Waals surface area (Å²) in [6.07, 6.45) is 2.19. The summed E-state index contributed by atoms with van der Waals surface area (Å²) in [5.74, 6) is 0.413. The van der Waals surface area contributed by atoms with E-state index in [1.54, 1.807) is 13.2 Å². The minimum Gasteiger partial charge on any atom is -0.496 e. The Labute approximate surface area is 121 Å². The van der Waals surface area contributed by atoms with Gasteiger partial charge >= 0.3 is 0 Å².